The Bertz CT molecular complexity index is 803. The van der Waals surface area contributed by atoms with Crippen molar-refractivity contribution in [3.8, 4) is 0 Å². The second-order valence-corrected chi connectivity index (χ2v) is 5.17. The fourth-order valence-electron chi connectivity index (χ4n) is 2.72. The largest absolute Gasteiger partial charge is 0.497 e. The zero-order valence-corrected chi connectivity index (χ0v) is 13.0. The Labute approximate surface area is 133 Å². The minimum absolute atomic E-state index is 0.200. The maximum absolute atomic E-state index is 11.9. The van der Waals surface area contributed by atoms with Crippen LogP contribution in [0.15, 0.2) is 48.3 Å². The molecule has 0 saturated heterocycles. The summed E-state index contributed by atoms with van der Waals surface area (Å²) in [5.41, 5.74) is 0.930. The number of aliphatic hydroxyl groups excluding tert-OH is 1. The molecule has 0 spiro atoms. The first-order valence-corrected chi connectivity index (χ1v) is 7.44. The second-order valence-electron chi connectivity index (χ2n) is 5.17. The Morgan fingerprint density at radius 1 is 1.35 bits per heavy atom. The van der Waals surface area contributed by atoms with Gasteiger partial charge in [-0.05, 0) is 30.4 Å². The summed E-state index contributed by atoms with van der Waals surface area (Å²) in [5.74, 6) is 0.226. The number of hydrogen-bond donors (Lipinski definition) is 1. The number of allylic oxidation sites excluding steroid dienone is 1. The summed E-state index contributed by atoms with van der Waals surface area (Å²) in [6.07, 6.45) is 3.72. The van der Waals surface area contributed by atoms with Crippen LogP contribution in [0.4, 0.5) is 0 Å². The van der Waals surface area contributed by atoms with Crippen molar-refractivity contribution in [2.45, 2.75) is 19.1 Å². The molecule has 0 fully saturated rings. The number of carbonyl (C=O) groups excluding carboxylic acids is 1. The molecule has 1 N–H and O–H groups in total. The molecule has 1 aliphatic carbocycles. The summed E-state index contributed by atoms with van der Waals surface area (Å²) in [5, 5.41) is 11.9. The Morgan fingerprint density at radius 3 is 2.78 bits per heavy atom. The third kappa shape index (κ3) is 2.75. The van der Waals surface area contributed by atoms with Crippen molar-refractivity contribution < 1.29 is 24.1 Å². The molecule has 2 unspecified atom stereocenters. The van der Waals surface area contributed by atoms with Crippen LogP contribution in [0.1, 0.15) is 6.92 Å². The summed E-state index contributed by atoms with van der Waals surface area (Å²) in [6.45, 7) is 1.89. The number of methoxy groups -OCH3 is 1. The van der Waals surface area contributed by atoms with Gasteiger partial charge >= 0.3 is 5.97 Å². The van der Waals surface area contributed by atoms with E-state index in [9.17, 15) is 9.90 Å². The second kappa shape index (κ2) is 6.30. The van der Waals surface area contributed by atoms with E-state index in [0.717, 1.165) is 16.6 Å². The van der Waals surface area contributed by atoms with Crippen LogP contribution in [0.5, 0.6) is 0 Å². The first-order valence-electron chi connectivity index (χ1n) is 7.44. The normalized spacial score (nSPS) is 20.0. The van der Waals surface area contributed by atoms with Crippen molar-refractivity contribution in [1.82, 2.24) is 0 Å². The predicted octanol–water partition coefficient (Wildman–Crippen LogP) is 0.368. The molecule has 2 atom stereocenters. The SMILES string of the molecule is CCOC(=O)C(O)C1=c2ccccc2=C2C=C(OC)C=CC2O1. The van der Waals surface area contributed by atoms with E-state index >= 15 is 0 Å². The first-order chi connectivity index (χ1) is 11.2. The quantitative estimate of drug-likeness (QED) is 0.814. The molecule has 0 aromatic heterocycles. The van der Waals surface area contributed by atoms with Gasteiger partial charge in [0.15, 0.2) is 0 Å². The molecule has 120 valence electrons. The number of aliphatic hydroxyl groups is 1. The maximum Gasteiger partial charge on any atom is 0.342 e. The molecule has 1 aromatic carbocycles. The predicted molar refractivity (Wildman–Crippen MR) is 84.3 cm³/mol. The molecule has 0 saturated carbocycles. The molecule has 5 nitrogen and oxygen atoms in total. The molecule has 5 heteroatoms. The highest BCUT2D eigenvalue weighted by molar-refractivity contribution is 5.85. The number of esters is 1. The third-order valence-corrected chi connectivity index (χ3v) is 3.79. The number of hydrogen-bond acceptors (Lipinski definition) is 5. The molecule has 0 radical (unpaired) electrons. The topological polar surface area (TPSA) is 65.0 Å². The first kappa shape index (κ1) is 15.4. The van der Waals surface area contributed by atoms with E-state index in [-0.39, 0.29) is 18.5 Å². The minimum atomic E-state index is -1.45. The van der Waals surface area contributed by atoms with E-state index in [1.54, 1.807) is 20.1 Å². The summed E-state index contributed by atoms with van der Waals surface area (Å²) in [6, 6.07) is 7.48. The van der Waals surface area contributed by atoms with Crippen LogP contribution < -0.4 is 10.4 Å². The lowest BCUT2D eigenvalue weighted by Crippen LogP contribution is -2.43. The van der Waals surface area contributed by atoms with Gasteiger partial charge in [0, 0.05) is 10.8 Å². The van der Waals surface area contributed by atoms with E-state index < -0.39 is 12.1 Å². The molecular weight excluding hydrogens is 296 g/mol. The minimum Gasteiger partial charge on any atom is -0.497 e. The van der Waals surface area contributed by atoms with Crippen LogP contribution in [0, 0.1) is 0 Å². The van der Waals surface area contributed by atoms with E-state index in [1.807, 2.05) is 36.4 Å². The van der Waals surface area contributed by atoms with E-state index in [2.05, 4.69) is 0 Å². The van der Waals surface area contributed by atoms with E-state index in [1.165, 1.54) is 0 Å². The van der Waals surface area contributed by atoms with Gasteiger partial charge in [0.05, 0.1) is 13.7 Å². The summed E-state index contributed by atoms with van der Waals surface area (Å²) < 4.78 is 16.0. The van der Waals surface area contributed by atoms with Crippen LogP contribution in [0.2, 0.25) is 0 Å². The lowest BCUT2D eigenvalue weighted by molar-refractivity contribution is -0.151. The highest BCUT2D eigenvalue weighted by atomic mass is 16.6. The highest BCUT2D eigenvalue weighted by Gasteiger charge is 2.30. The Balaban J connectivity index is 2.20. The molecule has 2 aliphatic rings. The van der Waals surface area contributed by atoms with Gasteiger partial charge in [0.25, 0.3) is 0 Å². The Morgan fingerprint density at radius 2 is 2.09 bits per heavy atom. The lowest BCUT2D eigenvalue weighted by atomic mass is 9.96. The van der Waals surface area contributed by atoms with E-state index in [0.29, 0.717) is 5.22 Å². The molecule has 1 aliphatic heterocycles. The number of benzene rings is 1. The van der Waals surface area contributed by atoms with E-state index in [4.69, 9.17) is 14.2 Å². The van der Waals surface area contributed by atoms with Crippen LogP contribution in [-0.4, -0.2) is 37.0 Å². The van der Waals surface area contributed by atoms with Crippen LogP contribution >= 0.6 is 0 Å². The number of fused-ring (bicyclic) bond motifs is 2. The van der Waals surface area contributed by atoms with Gasteiger partial charge in [-0.25, -0.2) is 4.79 Å². The number of carbonyl (C=O) groups is 1. The molecule has 0 bridgehead atoms. The lowest BCUT2D eigenvalue weighted by Gasteiger charge is -2.27. The monoisotopic (exact) mass is 314 g/mol. The maximum atomic E-state index is 11.9. The molecule has 0 amide bonds. The average molecular weight is 314 g/mol. The molecule has 1 heterocycles. The van der Waals surface area contributed by atoms with Crippen molar-refractivity contribution in [2.24, 2.45) is 0 Å². The smallest absolute Gasteiger partial charge is 0.342 e. The van der Waals surface area contributed by atoms with Crippen LogP contribution in [-0.2, 0) is 19.0 Å². The van der Waals surface area contributed by atoms with Gasteiger partial charge in [0.2, 0.25) is 6.10 Å². The van der Waals surface area contributed by atoms with Crippen molar-refractivity contribution in [1.29, 1.82) is 0 Å². The van der Waals surface area contributed by atoms with Gasteiger partial charge in [-0.2, -0.15) is 0 Å². The standard InChI is InChI=1S/C18H18O5/c1-3-22-18(20)16(19)17-13-7-5-4-6-12(13)14-10-11(21-2)8-9-15(14)23-17/h4-10,15-16,19H,3H2,1-2H3. The zero-order valence-electron chi connectivity index (χ0n) is 13.0. The van der Waals surface area contributed by atoms with Crippen molar-refractivity contribution in [3.05, 3.63) is 58.7 Å². The molecular formula is C18H18O5. The highest BCUT2D eigenvalue weighted by Crippen LogP contribution is 2.25. The van der Waals surface area contributed by atoms with Crippen molar-refractivity contribution in [2.75, 3.05) is 13.7 Å². The third-order valence-electron chi connectivity index (χ3n) is 3.79. The van der Waals surface area contributed by atoms with Crippen molar-refractivity contribution >= 4 is 17.3 Å². The van der Waals surface area contributed by atoms with Gasteiger partial charge in [-0.1, -0.05) is 24.3 Å². The average Bonchev–Trinajstić information content (AvgIpc) is 2.60. The molecule has 1 aromatic rings. The number of ether oxygens (including phenoxy) is 3. The zero-order chi connectivity index (χ0) is 16.4. The van der Waals surface area contributed by atoms with Crippen LogP contribution in [0.3, 0.4) is 0 Å². The number of rotatable bonds is 4. The molecule has 23 heavy (non-hydrogen) atoms. The fourth-order valence-corrected chi connectivity index (χ4v) is 2.72. The summed E-state index contributed by atoms with van der Waals surface area (Å²) in [7, 11) is 1.61. The Hall–Kier alpha value is -2.53. The van der Waals surface area contributed by atoms with Gasteiger partial charge in [-0.3, -0.25) is 0 Å². The molecule has 3 rings (SSSR count). The van der Waals surface area contributed by atoms with Crippen LogP contribution in [0.25, 0.3) is 11.3 Å². The van der Waals surface area contributed by atoms with Crippen molar-refractivity contribution in [3.63, 3.8) is 0 Å². The summed E-state index contributed by atoms with van der Waals surface area (Å²) in [4.78, 5) is 11.9. The summed E-state index contributed by atoms with van der Waals surface area (Å²) >= 11 is 0. The fraction of sp³-hybridized carbons (Fsp3) is 0.278. The van der Waals surface area contributed by atoms with Gasteiger partial charge < -0.3 is 19.3 Å². The van der Waals surface area contributed by atoms with Gasteiger partial charge in [0.1, 0.15) is 17.6 Å². The Kier molecular flexibility index (Phi) is 4.21. The van der Waals surface area contributed by atoms with Gasteiger partial charge in [-0.15, -0.1) is 0 Å².